The number of nitrogens with two attached hydrogens (primary N) is 1. The largest absolute Gasteiger partial charge is 0.467 e. The summed E-state index contributed by atoms with van der Waals surface area (Å²) in [5.41, 5.74) is 5.68. The molecule has 0 fully saturated rings. The highest BCUT2D eigenvalue weighted by molar-refractivity contribution is 5.76. The zero-order valence-corrected chi connectivity index (χ0v) is 11.5. The third-order valence-electron chi connectivity index (χ3n) is 3.20. The number of amides is 1. The summed E-state index contributed by atoms with van der Waals surface area (Å²) in [6.07, 6.45) is 3.93. The lowest BCUT2D eigenvalue weighted by Gasteiger charge is -2.23. The topological polar surface area (TPSA) is 68.3 Å². The third kappa shape index (κ3) is 4.92. The van der Waals surface area contributed by atoms with Crippen molar-refractivity contribution in [1.82, 2.24) is 5.32 Å². The van der Waals surface area contributed by atoms with Crippen molar-refractivity contribution >= 4 is 5.91 Å². The van der Waals surface area contributed by atoms with Gasteiger partial charge in [-0.25, -0.2) is 0 Å². The Bertz CT molecular complexity index is 358. The van der Waals surface area contributed by atoms with Crippen LogP contribution in [0.15, 0.2) is 22.8 Å². The molecule has 1 heterocycles. The van der Waals surface area contributed by atoms with Crippen molar-refractivity contribution in [3.8, 4) is 0 Å². The van der Waals surface area contributed by atoms with Crippen LogP contribution in [0.25, 0.3) is 0 Å². The molecule has 0 spiro atoms. The van der Waals surface area contributed by atoms with Gasteiger partial charge in [-0.1, -0.05) is 13.8 Å². The normalized spacial score (nSPS) is 13.3. The molecule has 0 aliphatic heterocycles. The van der Waals surface area contributed by atoms with Gasteiger partial charge in [0.15, 0.2) is 0 Å². The Morgan fingerprint density at radius 2 is 2.22 bits per heavy atom. The highest BCUT2D eigenvalue weighted by atomic mass is 16.3. The minimum absolute atomic E-state index is 0.0593. The molecule has 3 N–H and O–H groups in total. The van der Waals surface area contributed by atoms with Crippen LogP contribution in [0.2, 0.25) is 0 Å². The van der Waals surface area contributed by atoms with Crippen molar-refractivity contribution in [3.05, 3.63) is 24.2 Å². The molecule has 1 rings (SSSR count). The molecular weight excluding hydrogens is 228 g/mol. The average molecular weight is 252 g/mol. The zero-order valence-electron chi connectivity index (χ0n) is 11.5. The first-order chi connectivity index (χ1) is 8.44. The number of rotatable bonds is 7. The molecule has 102 valence electrons. The summed E-state index contributed by atoms with van der Waals surface area (Å²) < 4.78 is 5.25. The van der Waals surface area contributed by atoms with Crippen LogP contribution in [0, 0.1) is 5.41 Å². The van der Waals surface area contributed by atoms with Crippen molar-refractivity contribution in [1.29, 1.82) is 0 Å². The van der Waals surface area contributed by atoms with E-state index in [1.165, 1.54) is 0 Å². The first-order valence-electron chi connectivity index (χ1n) is 6.47. The minimum Gasteiger partial charge on any atom is -0.467 e. The standard InChI is InChI=1S/C14H24N2O2/c1-11(12-5-4-10-18-12)16-13(17)6-7-14(2,3)8-9-15/h4-5,10-11H,6-9,15H2,1-3H3,(H,16,17)/t11-/m0/s1. The van der Waals surface area contributed by atoms with E-state index in [-0.39, 0.29) is 17.4 Å². The Kier molecular flexibility index (Phi) is 5.41. The summed E-state index contributed by atoms with van der Waals surface area (Å²) >= 11 is 0. The van der Waals surface area contributed by atoms with E-state index in [4.69, 9.17) is 10.2 Å². The number of carbonyl (C=O) groups excluding carboxylic acids is 1. The third-order valence-corrected chi connectivity index (χ3v) is 3.20. The fourth-order valence-electron chi connectivity index (χ4n) is 1.89. The second kappa shape index (κ2) is 6.59. The predicted molar refractivity (Wildman–Crippen MR) is 72.0 cm³/mol. The van der Waals surface area contributed by atoms with Gasteiger partial charge in [-0.2, -0.15) is 0 Å². The lowest BCUT2D eigenvalue weighted by molar-refractivity contribution is -0.122. The summed E-state index contributed by atoms with van der Waals surface area (Å²) in [4.78, 5) is 11.8. The monoisotopic (exact) mass is 252 g/mol. The van der Waals surface area contributed by atoms with E-state index < -0.39 is 0 Å². The van der Waals surface area contributed by atoms with Gasteiger partial charge in [0.2, 0.25) is 5.91 Å². The lowest BCUT2D eigenvalue weighted by Crippen LogP contribution is -2.28. The second-order valence-electron chi connectivity index (χ2n) is 5.51. The Balaban J connectivity index is 2.34. The van der Waals surface area contributed by atoms with E-state index in [0.29, 0.717) is 13.0 Å². The molecule has 0 saturated carbocycles. The fourth-order valence-corrected chi connectivity index (χ4v) is 1.89. The van der Waals surface area contributed by atoms with Gasteiger partial charge in [0.1, 0.15) is 5.76 Å². The number of furan rings is 1. The zero-order chi connectivity index (χ0) is 13.6. The number of hydrogen-bond donors (Lipinski definition) is 2. The average Bonchev–Trinajstić information content (AvgIpc) is 2.80. The number of hydrogen-bond acceptors (Lipinski definition) is 3. The van der Waals surface area contributed by atoms with E-state index in [1.54, 1.807) is 6.26 Å². The Labute approximate surface area is 109 Å². The molecule has 4 heteroatoms. The molecule has 1 amide bonds. The van der Waals surface area contributed by atoms with Crippen molar-refractivity contribution in [3.63, 3.8) is 0 Å². The molecule has 0 aliphatic rings. The summed E-state index contributed by atoms with van der Waals surface area (Å²) in [5.74, 6) is 0.841. The summed E-state index contributed by atoms with van der Waals surface area (Å²) in [5, 5.41) is 2.93. The predicted octanol–water partition coefficient (Wildman–Crippen LogP) is 2.61. The first kappa shape index (κ1) is 14.8. The van der Waals surface area contributed by atoms with E-state index >= 15 is 0 Å². The fraction of sp³-hybridized carbons (Fsp3) is 0.643. The molecule has 0 unspecified atom stereocenters. The molecule has 4 nitrogen and oxygen atoms in total. The summed E-state index contributed by atoms with van der Waals surface area (Å²) in [7, 11) is 0. The van der Waals surface area contributed by atoms with Crippen LogP contribution in [-0.4, -0.2) is 12.5 Å². The van der Waals surface area contributed by atoms with Gasteiger partial charge >= 0.3 is 0 Å². The molecule has 0 aliphatic carbocycles. The first-order valence-corrected chi connectivity index (χ1v) is 6.47. The maximum atomic E-state index is 11.8. The van der Waals surface area contributed by atoms with Crippen molar-refractivity contribution in [2.45, 2.75) is 46.1 Å². The highest BCUT2D eigenvalue weighted by Gasteiger charge is 2.19. The number of carbonyl (C=O) groups is 1. The summed E-state index contributed by atoms with van der Waals surface area (Å²) in [6, 6.07) is 3.61. The van der Waals surface area contributed by atoms with Gasteiger partial charge in [0.05, 0.1) is 12.3 Å². The molecule has 0 bridgehead atoms. The molecule has 18 heavy (non-hydrogen) atoms. The summed E-state index contributed by atoms with van der Waals surface area (Å²) in [6.45, 7) is 6.87. The van der Waals surface area contributed by atoms with E-state index in [1.807, 2.05) is 19.1 Å². The minimum atomic E-state index is -0.0786. The quantitative estimate of drug-likeness (QED) is 0.783. The Morgan fingerprint density at radius 1 is 1.50 bits per heavy atom. The van der Waals surface area contributed by atoms with Crippen LogP contribution in [0.4, 0.5) is 0 Å². The molecule has 1 atom stereocenters. The van der Waals surface area contributed by atoms with Crippen LogP contribution in [0.1, 0.15) is 51.8 Å². The van der Waals surface area contributed by atoms with Crippen LogP contribution in [0.3, 0.4) is 0 Å². The maximum absolute atomic E-state index is 11.8. The van der Waals surface area contributed by atoms with Crippen LogP contribution in [0.5, 0.6) is 0 Å². The van der Waals surface area contributed by atoms with Crippen molar-refractivity contribution in [2.75, 3.05) is 6.54 Å². The van der Waals surface area contributed by atoms with Crippen molar-refractivity contribution in [2.24, 2.45) is 11.1 Å². The van der Waals surface area contributed by atoms with Gasteiger partial charge in [0, 0.05) is 6.42 Å². The van der Waals surface area contributed by atoms with Crippen molar-refractivity contribution < 1.29 is 9.21 Å². The Hall–Kier alpha value is -1.29. The molecular formula is C14H24N2O2. The van der Waals surface area contributed by atoms with Gasteiger partial charge < -0.3 is 15.5 Å². The lowest BCUT2D eigenvalue weighted by atomic mass is 9.84. The van der Waals surface area contributed by atoms with Gasteiger partial charge in [-0.15, -0.1) is 0 Å². The highest BCUT2D eigenvalue weighted by Crippen LogP contribution is 2.26. The van der Waals surface area contributed by atoms with Gasteiger partial charge in [-0.3, -0.25) is 4.79 Å². The molecule has 0 aromatic carbocycles. The van der Waals surface area contributed by atoms with Crippen LogP contribution < -0.4 is 11.1 Å². The Morgan fingerprint density at radius 3 is 2.78 bits per heavy atom. The van der Waals surface area contributed by atoms with E-state index in [0.717, 1.165) is 18.6 Å². The second-order valence-corrected chi connectivity index (χ2v) is 5.51. The van der Waals surface area contributed by atoms with Gasteiger partial charge in [-0.05, 0) is 43.9 Å². The molecule has 0 radical (unpaired) electrons. The molecule has 1 aromatic heterocycles. The smallest absolute Gasteiger partial charge is 0.220 e. The maximum Gasteiger partial charge on any atom is 0.220 e. The molecule has 0 saturated heterocycles. The van der Waals surface area contributed by atoms with E-state index in [9.17, 15) is 4.79 Å². The SMILES string of the molecule is C[C@H](NC(=O)CCC(C)(C)CCN)c1ccco1. The van der Waals surface area contributed by atoms with E-state index in [2.05, 4.69) is 19.2 Å². The van der Waals surface area contributed by atoms with Crippen LogP contribution >= 0.6 is 0 Å². The number of nitrogens with one attached hydrogen (secondary N) is 1. The van der Waals surface area contributed by atoms with Gasteiger partial charge in [0.25, 0.3) is 0 Å². The van der Waals surface area contributed by atoms with Crippen LogP contribution in [-0.2, 0) is 4.79 Å². The molecule has 1 aromatic rings.